The van der Waals surface area contributed by atoms with E-state index in [9.17, 15) is 0 Å². The molecule has 5 heteroatoms. The number of ether oxygens (including phenoxy) is 1. The number of hydrogen-bond acceptors (Lipinski definition) is 3. The van der Waals surface area contributed by atoms with Gasteiger partial charge in [0.15, 0.2) is 0 Å². The van der Waals surface area contributed by atoms with E-state index >= 15 is 0 Å². The van der Waals surface area contributed by atoms with E-state index in [1.807, 2.05) is 6.92 Å². The fourth-order valence-corrected chi connectivity index (χ4v) is 2.68. The standard InChI is InChI=1S/C14H30N4O/c1-4-14(5-2)8-10-18(12-14)13(17-15)16-9-7-11-19-6-3/h4-12,15H2,1-3H3,(H,16,17). The minimum absolute atomic E-state index is 0.447. The number of rotatable bonds is 7. The number of nitrogens with two attached hydrogens (primary N) is 1. The number of nitrogens with one attached hydrogen (secondary N) is 1. The summed E-state index contributed by atoms with van der Waals surface area (Å²) < 4.78 is 5.31. The average molecular weight is 270 g/mol. The Hall–Kier alpha value is -0.810. The molecule has 0 aromatic heterocycles. The molecule has 0 aliphatic carbocycles. The molecule has 1 rings (SSSR count). The summed E-state index contributed by atoms with van der Waals surface area (Å²) in [4.78, 5) is 6.84. The Kier molecular flexibility index (Phi) is 7.16. The zero-order chi connectivity index (χ0) is 14.1. The lowest BCUT2D eigenvalue weighted by Gasteiger charge is -2.27. The van der Waals surface area contributed by atoms with Crippen molar-refractivity contribution in [2.45, 2.75) is 46.5 Å². The van der Waals surface area contributed by atoms with Gasteiger partial charge in [0, 0.05) is 32.8 Å². The number of hydrazine groups is 1. The summed E-state index contributed by atoms with van der Waals surface area (Å²) in [5.41, 5.74) is 3.20. The Morgan fingerprint density at radius 3 is 2.63 bits per heavy atom. The van der Waals surface area contributed by atoms with Gasteiger partial charge in [-0.2, -0.15) is 0 Å². The summed E-state index contributed by atoms with van der Waals surface area (Å²) in [6, 6.07) is 0. The van der Waals surface area contributed by atoms with Crippen LogP contribution >= 0.6 is 0 Å². The van der Waals surface area contributed by atoms with E-state index in [1.54, 1.807) is 0 Å². The SMILES string of the molecule is CCOCCCN=C(NN)N1CCC(CC)(CC)C1. The van der Waals surface area contributed by atoms with E-state index in [1.165, 1.54) is 19.3 Å². The molecule has 0 unspecified atom stereocenters. The minimum Gasteiger partial charge on any atom is -0.382 e. The van der Waals surface area contributed by atoms with Crippen molar-refractivity contribution in [1.82, 2.24) is 10.3 Å². The van der Waals surface area contributed by atoms with Crippen LogP contribution in [0.15, 0.2) is 4.99 Å². The summed E-state index contributed by atoms with van der Waals surface area (Å²) in [5, 5.41) is 0. The number of aliphatic imine (C=N–C) groups is 1. The molecule has 0 aromatic carbocycles. The molecule has 0 spiro atoms. The molecule has 1 aliphatic rings. The molecular formula is C14H30N4O. The zero-order valence-electron chi connectivity index (χ0n) is 12.7. The van der Waals surface area contributed by atoms with Crippen LogP contribution in [0, 0.1) is 5.41 Å². The largest absolute Gasteiger partial charge is 0.382 e. The molecule has 0 amide bonds. The molecule has 1 fully saturated rings. The van der Waals surface area contributed by atoms with Crippen LogP contribution in [0.1, 0.15) is 46.5 Å². The van der Waals surface area contributed by atoms with Gasteiger partial charge < -0.3 is 9.64 Å². The third-order valence-electron chi connectivity index (χ3n) is 4.28. The highest BCUT2D eigenvalue weighted by Crippen LogP contribution is 2.36. The predicted molar refractivity (Wildman–Crippen MR) is 79.9 cm³/mol. The van der Waals surface area contributed by atoms with Crippen molar-refractivity contribution in [3.8, 4) is 0 Å². The maximum Gasteiger partial charge on any atom is 0.208 e. The molecule has 1 saturated heterocycles. The van der Waals surface area contributed by atoms with Crippen LogP contribution in [0.25, 0.3) is 0 Å². The fraction of sp³-hybridized carbons (Fsp3) is 0.929. The van der Waals surface area contributed by atoms with Gasteiger partial charge in [0.1, 0.15) is 0 Å². The Morgan fingerprint density at radius 1 is 1.37 bits per heavy atom. The average Bonchev–Trinajstić information content (AvgIpc) is 2.88. The second-order valence-corrected chi connectivity index (χ2v) is 5.28. The third kappa shape index (κ3) is 4.66. The van der Waals surface area contributed by atoms with Gasteiger partial charge in [-0.25, -0.2) is 5.84 Å². The molecule has 0 saturated carbocycles. The van der Waals surface area contributed by atoms with Crippen LogP contribution in [-0.4, -0.2) is 43.7 Å². The highest BCUT2D eigenvalue weighted by molar-refractivity contribution is 5.79. The van der Waals surface area contributed by atoms with Crippen molar-refractivity contribution in [3.05, 3.63) is 0 Å². The Morgan fingerprint density at radius 2 is 2.11 bits per heavy atom. The molecule has 5 nitrogen and oxygen atoms in total. The lowest BCUT2D eigenvalue weighted by Crippen LogP contribution is -2.44. The third-order valence-corrected chi connectivity index (χ3v) is 4.28. The van der Waals surface area contributed by atoms with Crippen LogP contribution in [0.4, 0.5) is 0 Å². The van der Waals surface area contributed by atoms with Crippen molar-refractivity contribution >= 4 is 5.96 Å². The summed E-state index contributed by atoms with van der Waals surface area (Å²) in [7, 11) is 0. The molecule has 0 atom stereocenters. The van der Waals surface area contributed by atoms with Gasteiger partial charge in [-0.3, -0.25) is 10.4 Å². The highest BCUT2D eigenvalue weighted by Gasteiger charge is 2.36. The van der Waals surface area contributed by atoms with Crippen LogP contribution in [-0.2, 0) is 4.74 Å². The van der Waals surface area contributed by atoms with Crippen LogP contribution in [0.5, 0.6) is 0 Å². The van der Waals surface area contributed by atoms with Gasteiger partial charge >= 0.3 is 0 Å². The molecule has 3 N–H and O–H groups in total. The predicted octanol–water partition coefficient (Wildman–Crippen LogP) is 1.74. The highest BCUT2D eigenvalue weighted by atomic mass is 16.5. The van der Waals surface area contributed by atoms with E-state index in [0.29, 0.717) is 5.41 Å². The topological polar surface area (TPSA) is 62.9 Å². The van der Waals surface area contributed by atoms with E-state index in [-0.39, 0.29) is 0 Å². The maximum atomic E-state index is 5.61. The Bertz CT molecular complexity index is 277. The molecule has 1 heterocycles. The van der Waals surface area contributed by atoms with Gasteiger partial charge in [0.25, 0.3) is 0 Å². The van der Waals surface area contributed by atoms with Gasteiger partial charge in [-0.15, -0.1) is 0 Å². The summed E-state index contributed by atoms with van der Waals surface area (Å²) in [6.45, 7) is 11.0. The molecule has 0 bridgehead atoms. The van der Waals surface area contributed by atoms with Gasteiger partial charge in [-0.1, -0.05) is 13.8 Å². The summed E-state index contributed by atoms with van der Waals surface area (Å²) in [6.07, 6.45) is 4.63. The number of hydrogen-bond donors (Lipinski definition) is 2. The lowest BCUT2D eigenvalue weighted by atomic mass is 9.82. The summed E-state index contributed by atoms with van der Waals surface area (Å²) in [5.74, 6) is 6.44. The van der Waals surface area contributed by atoms with Crippen molar-refractivity contribution in [3.63, 3.8) is 0 Å². The Labute approximate surface area is 117 Å². The second-order valence-electron chi connectivity index (χ2n) is 5.28. The fourth-order valence-electron chi connectivity index (χ4n) is 2.68. The smallest absolute Gasteiger partial charge is 0.208 e. The monoisotopic (exact) mass is 270 g/mol. The van der Waals surface area contributed by atoms with Crippen molar-refractivity contribution in [2.75, 3.05) is 32.8 Å². The van der Waals surface area contributed by atoms with Crippen LogP contribution in [0.3, 0.4) is 0 Å². The van der Waals surface area contributed by atoms with E-state index in [0.717, 1.165) is 45.2 Å². The lowest BCUT2D eigenvalue weighted by molar-refractivity contribution is 0.146. The van der Waals surface area contributed by atoms with Crippen molar-refractivity contribution in [2.24, 2.45) is 16.3 Å². The van der Waals surface area contributed by atoms with Gasteiger partial charge in [-0.05, 0) is 38.0 Å². The summed E-state index contributed by atoms with van der Waals surface area (Å²) >= 11 is 0. The second kappa shape index (κ2) is 8.38. The first-order valence-electron chi connectivity index (χ1n) is 7.55. The number of guanidine groups is 1. The maximum absolute atomic E-state index is 5.61. The quantitative estimate of drug-likeness (QED) is 0.243. The van der Waals surface area contributed by atoms with Crippen LogP contribution in [0.2, 0.25) is 0 Å². The molecular weight excluding hydrogens is 240 g/mol. The van der Waals surface area contributed by atoms with Gasteiger partial charge in [0.05, 0.1) is 0 Å². The number of nitrogens with zero attached hydrogens (tertiary/aromatic N) is 2. The molecule has 112 valence electrons. The molecule has 19 heavy (non-hydrogen) atoms. The first-order valence-corrected chi connectivity index (χ1v) is 7.55. The van der Waals surface area contributed by atoms with Crippen molar-refractivity contribution in [1.29, 1.82) is 0 Å². The molecule has 0 aromatic rings. The van der Waals surface area contributed by atoms with E-state index in [4.69, 9.17) is 10.6 Å². The zero-order valence-corrected chi connectivity index (χ0v) is 12.7. The van der Waals surface area contributed by atoms with Crippen molar-refractivity contribution < 1.29 is 4.74 Å². The minimum atomic E-state index is 0.447. The Balaban J connectivity index is 2.45. The number of likely N-dealkylation sites (tertiary alicyclic amines) is 1. The van der Waals surface area contributed by atoms with Gasteiger partial charge in [0.2, 0.25) is 5.96 Å². The van der Waals surface area contributed by atoms with E-state index < -0.39 is 0 Å². The first kappa shape index (κ1) is 16.2. The molecule has 1 aliphatic heterocycles. The molecule has 0 radical (unpaired) electrons. The van der Waals surface area contributed by atoms with Crippen LogP contribution < -0.4 is 11.3 Å². The normalized spacial score (nSPS) is 18.9. The van der Waals surface area contributed by atoms with E-state index in [2.05, 4.69) is 29.2 Å². The first-order chi connectivity index (χ1) is 9.21.